The van der Waals surface area contributed by atoms with Crippen molar-refractivity contribution >= 4 is 0 Å². The van der Waals surface area contributed by atoms with Crippen LogP contribution in [0, 0.1) is 5.41 Å². The number of nitrogens with zero attached hydrogens (tertiary/aromatic N) is 1. The van der Waals surface area contributed by atoms with Crippen molar-refractivity contribution in [1.82, 2.24) is 4.90 Å². The van der Waals surface area contributed by atoms with Crippen molar-refractivity contribution in [2.45, 2.75) is 64.0 Å². The third-order valence-corrected chi connectivity index (χ3v) is 5.62. The Morgan fingerprint density at radius 3 is 2.28 bits per heavy atom. The van der Waals surface area contributed by atoms with Crippen molar-refractivity contribution in [2.24, 2.45) is 11.1 Å². The number of hydrogen-bond donors (Lipinski definition) is 1. The Balaban J connectivity index is 2.12. The van der Waals surface area contributed by atoms with Crippen LogP contribution in [-0.2, 0) is 4.74 Å². The second-order valence-corrected chi connectivity index (χ2v) is 6.75. The molecule has 1 saturated carbocycles. The molecule has 106 valence electrons. The van der Waals surface area contributed by atoms with E-state index in [2.05, 4.69) is 18.7 Å². The van der Waals surface area contributed by atoms with E-state index >= 15 is 0 Å². The minimum Gasteiger partial charge on any atom is -0.381 e. The molecule has 1 aliphatic heterocycles. The number of methoxy groups -OCH3 is 1. The third kappa shape index (κ3) is 2.33. The number of hydrogen-bond acceptors (Lipinski definition) is 3. The van der Waals surface area contributed by atoms with Crippen molar-refractivity contribution in [1.29, 1.82) is 0 Å². The van der Waals surface area contributed by atoms with Crippen LogP contribution in [0.25, 0.3) is 0 Å². The molecule has 2 aliphatic rings. The van der Waals surface area contributed by atoms with Gasteiger partial charge in [0.25, 0.3) is 0 Å². The monoisotopic (exact) mass is 254 g/mol. The molecule has 1 atom stereocenters. The molecule has 3 heteroatoms. The second kappa shape index (κ2) is 5.48. The van der Waals surface area contributed by atoms with Crippen molar-refractivity contribution in [3.05, 3.63) is 0 Å². The van der Waals surface area contributed by atoms with Gasteiger partial charge in [-0.15, -0.1) is 0 Å². The number of rotatable bonds is 3. The Morgan fingerprint density at radius 2 is 1.78 bits per heavy atom. The van der Waals surface area contributed by atoms with Crippen LogP contribution in [-0.4, -0.2) is 43.3 Å². The van der Waals surface area contributed by atoms with Crippen molar-refractivity contribution in [3.8, 4) is 0 Å². The van der Waals surface area contributed by atoms with E-state index in [0.717, 1.165) is 32.5 Å². The Hall–Kier alpha value is -0.120. The van der Waals surface area contributed by atoms with Crippen LogP contribution in [0.2, 0.25) is 0 Å². The molecule has 1 aliphatic carbocycles. The smallest absolute Gasteiger partial charge is 0.0595 e. The molecule has 1 saturated heterocycles. The van der Waals surface area contributed by atoms with Crippen LogP contribution >= 0.6 is 0 Å². The second-order valence-electron chi connectivity index (χ2n) is 6.75. The maximum atomic E-state index is 6.24. The largest absolute Gasteiger partial charge is 0.381 e. The summed E-state index contributed by atoms with van der Waals surface area (Å²) in [6, 6.07) is 0. The molecular weight excluding hydrogens is 224 g/mol. The Morgan fingerprint density at radius 1 is 1.17 bits per heavy atom. The molecule has 2 rings (SSSR count). The standard InChI is InChI=1S/C15H30N2O/c1-14(2)8-4-5-9-15(14,12-16)17-10-6-13(18-3)7-11-17/h13H,4-12,16H2,1-3H3. The highest BCUT2D eigenvalue weighted by Crippen LogP contribution is 2.47. The quantitative estimate of drug-likeness (QED) is 0.840. The minimum absolute atomic E-state index is 0.226. The van der Waals surface area contributed by atoms with E-state index in [1.165, 1.54) is 25.7 Å². The summed E-state index contributed by atoms with van der Waals surface area (Å²) in [5.41, 5.74) is 6.81. The minimum atomic E-state index is 0.226. The van der Waals surface area contributed by atoms with Crippen LogP contribution < -0.4 is 5.73 Å². The Labute approximate surface area is 112 Å². The number of piperidine rings is 1. The van der Waals surface area contributed by atoms with Gasteiger partial charge in [-0.1, -0.05) is 26.7 Å². The van der Waals surface area contributed by atoms with Crippen molar-refractivity contribution in [3.63, 3.8) is 0 Å². The van der Waals surface area contributed by atoms with E-state index in [1.807, 2.05) is 7.11 Å². The average Bonchev–Trinajstić information content (AvgIpc) is 2.39. The molecule has 0 aromatic rings. The lowest BCUT2D eigenvalue weighted by molar-refractivity contribution is -0.0746. The first-order valence-corrected chi connectivity index (χ1v) is 7.54. The summed E-state index contributed by atoms with van der Waals surface area (Å²) in [4.78, 5) is 2.68. The zero-order chi connectivity index (χ0) is 13.2. The van der Waals surface area contributed by atoms with Gasteiger partial charge in [-0.3, -0.25) is 4.90 Å². The van der Waals surface area contributed by atoms with Gasteiger partial charge in [0, 0.05) is 32.3 Å². The van der Waals surface area contributed by atoms with Gasteiger partial charge in [-0.25, -0.2) is 0 Å². The van der Waals surface area contributed by atoms with E-state index in [-0.39, 0.29) is 5.54 Å². The highest BCUT2D eigenvalue weighted by atomic mass is 16.5. The molecule has 0 bridgehead atoms. The van der Waals surface area contributed by atoms with Gasteiger partial charge in [0.05, 0.1) is 6.10 Å². The first-order chi connectivity index (χ1) is 8.55. The van der Waals surface area contributed by atoms with Crippen molar-refractivity contribution < 1.29 is 4.74 Å². The van der Waals surface area contributed by atoms with Crippen LogP contribution in [0.4, 0.5) is 0 Å². The predicted molar refractivity (Wildman–Crippen MR) is 75.6 cm³/mol. The summed E-state index contributed by atoms with van der Waals surface area (Å²) in [6.45, 7) is 7.94. The SMILES string of the molecule is COC1CCN(C2(CN)CCCCC2(C)C)CC1. The van der Waals surface area contributed by atoms with Gasteiger partial charge >= 0.3 is 0 Å². The number of likely N-dealkylation sites (tertiary alicyclic amines) is 1. The lowest BCUT2D eigenvalue weighted by Gasteiger charge is -2.57. The average molecular weight is 254 g/mol. The van der Waals surface area contributed by atoms with Crippen LogP contribution in [0.3, 0.4) is 0 Å². The number of nitrogens with two attached hydrogens (primary N) is 1. The van der Waals surface area contributed by atoms with Gasteiger partial charge in [0.15, 0.2) is 0 Å². The zero-order valence-electron chi connectivity index (χ0n) is 12.4. The van der Waals surface area contributed by atoms with Crippen LogP contribution in [0.5, 0.6) is 0 Å². The van der Waals surface area contributed by atoms with E-state index in [4.69, 9.17) is 10.5 Å². The van der Waals surface area contributed by atoms with E-state index < -0.39 is 0 Å². The van der Waals surface area contributed by atoms with E-state index in [9.17, 15) is 0 Å². The highest BCUT2D eigenvalue weighted by molar-refractivity contribution is 5.05. The normalized spacial score (nSPS) is 34.7. The molecule has 0 aromatic carbocycles. The predicted octanol–water partition coefficient (Wildman–Crippen LogP) is 2.39. The summed E-state index contributed by atoms with van der Waals surface area (Å²) in [6.07, 6.45) is 8.07. The van der Waals surface area contributed by atoms with Crippen molar-refractivity contribution in [2.75, 3.05) is 26.7 Å². The summed E-state index contributed by atoms with van der Waals surface area (Å²) in [5, 5.41) is 0. The van der Waals surface area contributed by atoms with Gasteiger partial charge < -0.3 is 10.5 Å². The summed E-state index contributed by atoms with van der Waals surface area (Å²) in [5.74, 6) is 0. The zero-order valence-corrected chi connectivity index (χ0v) is 12.4. The molecule has 3 nitrogen and oxygen atoms in total. The first-order valence-electron chi connectivity index (χ1n) is 7.54. The van der Waals surface area contributed by atoms with Gasteiger partial charge in [0.2, 0.25) is 0 Å². The molecule has 0 radical (unpaired) electrons. The molecule has 18 heavy (non-hydrogen) atoms. The fourth-order valence-electron chi connectivity index (χ4n) is 4.17. The summed E-state index contributed by atoms with van der Waals surface area (Å²) in [7, 11) is 1.84. The summed E-state index contributed by atoms with van der Waals surface area (Å²) < 4.78 is 5.49. The van der Waals surface area contributed by atoms with Gasteiger partial charge in [0.1, 0.15) is 0 Å². The Kier molecular flexibility index (Phi) is 4.35. The lowest BCUT2D eigenvalue weighted by atomic mass is 9.62. The molecular formula is C15H30N2O. The molecule has 1 heterocycles. The fraction of sp³-hybridized carbons (Fsp3) is 1.00. The molecule has 0 amide bonds. The van der Waals surface area contributed by atoms with Gasteiger partial charge in [-0.05, 0) is 31.1 Å². The molecule has 0 spiro atoms. The van der Waals surface area contributed by atoms with E-state index in [1.54, 1.807) is 0 Å². The summed E-state index contributed by atoms with van der Waals surface area (Å²) >= 11 is 0. The molecule has 2 N–H and O–H groups in total. The lowest BCUT2D eigenvalue weighted by Crippen LogP contribution is -2.65. The third-order valence-electron chi connectivity index (χ3n) is 5.62. The van der Waals surface area contributed by atoms with Crippen LogP contribution in [0.15, 0.2) is 0 Å². The maximum Gasteiger partial charge on any atom is 0.0595 e. The molecule has 2 fully saturated rings. The maximum absolute atomic E-state index is 6.24. The molecule has 1 unspecified atom stereocenters. The first kappa shape index (κ1) is 14.3. The fourth-order valence-corrected chi connectivity index (χ4v) is 4.17. The highest BCUT2D eigenvalue weighted by Gasteiger charge is 2.49. The molecule has 0 aromatic heterocycles. The topological polar surface area (TPSA) is 38.5 Å². The number of ether oxygens (including phenoxy) is 1. The van der Waals surface area contributed by atoms with Gasteiger partial charge in [-0.2, -0.15) is 0 Å². The Bertz CT molecular complexity index is 272. The van der Waals surface area contributed by atoms with E-state index in [0.29, 0.717) is 11.5 Å². The van der Waals surface area contributed by atoms with Crippen LogP contribution in [0.1, 0.15) is 52.4 Å².